The minimum absolute atomic E-state index is 0.0660. The summed E-state index contributed by atoms with van der Waals surface area (Å²) in [6, 6.07) is 0. The molecule has 1 aromatic rings. The maximum Gasteiger partial charge on any atom is 0.287 e. The van der Waals surface area contributed by atoms with Gasteiger partial charge in [0.15, 0.2) is 11.6 Å². The summed E-state index contributed by atoms with van der Waals surface area (Å²) in [5.41, 5.74) is 2.73. The molecule has 26 heavy (non-hydrogen) atoms. The molecule has 0 saturated carbocycles. The number of hydrogen-bond donors (Lipinski definition) is 3. The SMILES string of the molecule is CNC(=O)CCC(=O)c1cnc(C(=O)NC/C=C(\C)CCC=C(C)C)[nH]1. The predicted molar refractivity (Wildman–Crippen MR) is 101 cm³/mol. The number of nitrogens with one attached hydrogen (secondary N) is 3. The molecule has 7 heteroatoms. The number of hydrogen-bond acceptors (Lipinski definition) is 4. The molecule has 0 aliphatic rings. The van der Waals surface area contributed by atoms with Gasteiger partial charge in [-0.2, -0.15) is 0 Å². The highest BCUT2D eigenvalue weighted by molar-refractivity contribution is 5.98. The van der Waals surface area contributed by atoms with Crippen LogP contribution in [0.25, 0.3) is 0 Å². The summed E-state index contributed by atoms with van der Waals surface area (Å²) in [5.74, 6) is -0.745. The van der Waals surface area contributed by atoms with Crippen LogP contribution in [0.15, 0.2) is 29.5 Å². The van der Waals surface area contributed by atoms with E-state index in [0.717, 1.165) is 12.8 Å². The van der Waals surface area contributed by atoms with Crippen molar-refractivity contribution in [2.24, 2.45) is 0 Å². The largest absolute Gasteiger partial charge is 0.359 e. The topological polar surface area (TPSA) is 104 Å². The molecule has 3 N–H and O–H groups in total. The molecule has 1 aromatic heterocycles. The number of aromatic nitrogens is 2. The van der Waals surface area contributed by atoms with Crippen LogP contribution in [0.4, 0.5) is 0 Å². The van der Waals surface area contributed by atoms with Crippen LogP contribution in [0.5, 0.6) is 0 Å². The molecule has 0 aliphatic heterocycles. The standard InChI is InChI=1S/C19H28N4O3/c1-13(2)6-5-7-14(3)10-11-21-19(26)18-22-12-15(23-18)16(24)8-9-17(25)20-4/h6,10,12H,5,7-9,11H2,1-4H3,(H,20,25)(H,21,26)(H,22,23)/b14-10+. The fourth-order valence-electron chi connectivity index (χ4n) is 2.16. The van der Waals surface area contributed by atoms with E-state index in [1.807, 2.05) is 13.0 Å². The van der Waals surface area contributed by atoms with Gasteiger partial charge in [0.05, 0.1) is 6.20 Å². The van der Waals surface area contributed by atoms with Crippen molar-refractivity contribution in [2.75, 3.05) is 13.6 Å². The average molecular weight is 360 g/mol. The summed E-state index contributed by atoms with van der Waals surface area (Å²) in [6.45, 7) is 6.57. The van der Waals surface area contributed by atoms with Crippen molar-refractivity contribution >= 4 is 17.6 Å². The normalized spacial score (nSPS) is 11.0. The summed E-state index contributed by atoms with van der Waals surface area (Å²) < 4.78 is 0. The maximum absolute atomic E-state index is 12.1. The van der Waals surface area contributed by atoms with Crippen molar-refractivity contribution in [1.29, 1.82) is 0 Å². The predicted octanol–water partition coefficient (Wildman–Crippen LogP) is 2.54. The van der Waals surface area contributed by atoms with E-state index in [1.54, 1.807) is 0 Å². The Morgan fingerprint density at radius 2 is 1.85 bits per heavy atom. The first kappa shape index (κ1) is 21.3. The first-order valence-corrected chi connectivity index (χ1v) is 8.69. The number of amides is 2. The van der Waals surface area contributed by atoms with Gasteiger partial charge in [-0.15, -0.1) is 0 Å². The number of carbonyl (C=O) groups excluding carboxylic acids is 3. The van der Waals surface area contributed by atoms with Crippen LogP contribution >= 0.6 is 0 Å². The van der Waals surface area contributed by atoms with Gasteiger partial charge in [-0.3, -0.25) is 14.4 Å². The summed E-state index contributed by atoms with van der Waals surface area (Å²) in [4.78, 5) is 41.8. The van der Waals surface area contributed by atoms with Gasteiger partial charge in [0.25, 0.3) is 5.91 Å². The van der Waals surface area contributed by atoms with Crippen molar-refractivity contribution in [1.82, 2.24) is 20.6 Å². The van der Waals surface area contributed by atoms with Gasteiger partial charge < -0.3 is 15.6 Å². The van der Waals surface area contributed by atoms with E-state index >= 15 is 0 Å². The zero-order valence-corrected chi connectivity index (χ0v) is 15.9. The molecule has 0 unspecified atom stereocenters. The summed E-state index contributed by atoms with van der Waals surface area (Å²) >= 11 is 0. The number of Topliss-reactive ketones (excluding diaryl/α,β-unsaturated/α-hetero) is 1. The van der Waals surface area contributed by atoms with E-state index in [1.165, 1.54) is 24.4 Å². The molecule has 0 aliphatic carbocycles. The second-order valence-corrected chi connectivity index (χ2v) is 6.32. The number of allylic oxidation sites excluding steroid dienone is 3. The Balaban J connectivity index is 2.46. The van der Waals surface area contributed by atoms with Crippen molar-refractivity contribution in [3.05, 3.63) is 41.0 Å². The van der Waals surface area contributed by atoms with Crippen LogP contribution in [0.3, 0.4) is 0 Å². The highest BCUT2D eigenvalue weighted by Crippen LogP contribution is 2.06. The van der Waals surface area contributed by atoms with Gasteiger partial charge in [-0.05, 0) is 33.6 Å². The van der Waals surface area contributed by atoms with Crippen LogP contribution in [-0.4, -0.2) is 41.2 Å². The molecule has 0 spiro atoms. The maximum atomic E-state index is 12.1. The lowest BCUT2D eigenvalue weighted by Crippen LogP contribution is -2.24. The van der Waals surface area contributed by atoms with Crippen LogP contribution in [0, 0.1) is 0 Å². The van der Waals surface area contributed by atoms with E-state index in [-0.39, 0.29) is 42.0 Å². The lowest BCUT2D eigenvalue weighted by atomic mass is 10.1. The zero-order valence-electron chi connectivity index (χ0n) is 15.9. The van der Waals surface area contributed by atoms with Gasteiger partial charge in [-0.1, -0.05) is 23.3 Å². The van der Waals surface area contributed by atoms with Crippen molar-refractivity contribution in [3.8, 4) is 0 Å². The Morgan fingerprint density at radius 1 is 1.12 bits per heavy atom. The molecular formula is C19H28N4O3. The number of H-pyrrole nitrogens is 1. The number of nitrogens with zero attached hydrogens (tertiary/aromatic N) is 1. The van der Waals surface area contributed by atoms with Crippen LogP contribution in [-0.2, 0) is 4.79 Å². The third-order valence-electron chi connectivity index (χ3n) is 3.75. The molecule has 0 atom stereocenters. The van der Waals surface area contributed by atoms with Crippen LogP contribution in [0.1, 0.15) is 67.6 Å². The second kappa shape index (κ2) is 11.0. The Morgan fingerprint density at radius 3 is 2.50 bits per heavy atom. The molecule has 142 valence electrons. The molecule has 0 aromatic carbocycles. The van der Waals surface area contributed by atoms with Gasteiger partial charge in [0.2, 0.25) is 5.91 Å². The molecule has 1 heterocycles. The summed E-state index contributed by atoms with van der Waals surface area (Å²) in [7, 11) is 1.52. The molecule has 0 fully saturated rings. The number of aromatic amines is 1. The van der Waals surface area contributed by atoms with Gasteiger partial charge in [-0.25, -0.2) is 4.98 Å². The third-order valence-corrected chi connectivity index (χ3v) is 3.75. The van der Waals surface area contributed by atoms with E-state index in [2.05, 4.69) is 40.5 Å². The number of imidazole rings is 1. The Hall–Kier alpha value is -2.70. The number of rotatable bonds is 10. The molecule has 0 radical (unpaired) electrons. The van der Waals surface area contributed by atoms with Crippen molar-refractivity contribution in [2.45, 2.75) is 46.5 Å². The van der Waals surface area contributed by atoms with Gasteiger partial charge in [0, 0.05) is 26.4 Å². The Kier molecular flexibility index (Phi) is 9.05. The molecule has 0 bridgehead atoms. The fourth-order valence-corrected chi connectivity index (χ4v) is 2.16. The number of ketones is 1. The first-order chi connectivity index (χ1) is 12.3. The molecule has 2 amide bonds. The van der Waals surface area contributed by atoms with E-state index < -0.39 is 0 Å². The highest BCUT2D eigenvalue weighted by atomic mass is 16.2. The average Bonchev–Trinajstić information content (AvgIpc) is 3.09. The lowest BCUT2D eigenvalue weighted by Gasteiger charge is -2.02. The molecule has 7 nitrogen and oxygen atoms in total. The van der Waals surface area contributed by atoms with Crippen LogP contribution < -0.4 is 10.6 Å². The Labute approximate surface area is 154 Å². The highest BCUT2D eigenvalue weighted by Gasteiger charge is 2.14. The van der Waals surface area contributed by atoms with E-state index in [4.69, 9.17) is 0 Å². The third kappa shape index (κ3) is 7.92. The van der Waals surface area contributed by atoms with Gasteiger partial charge >= 0.3 is 0 Å². The Bertz CT molecular complexity index is 697. The van der Waals surface area contributed by atoms with E-state index in [9.17, 15) is 14.4 Å². The van der Waals surface area contributed by atoms with Crippen molar-refractivity contribution in [3.63, 3.8) is 0 Å². The van der Waals surface area contributed by atoms with Gasteiger partial charge in [0.1, 0.15) is 5.69 Å². The monoisotopic (exact) mass is 360 g/mol. The smallest absolute Gasteiger partial charge is 0.287 e. The summed E-state index contributed by atoms with van der Waals surface area (Å²) in [5, 5.41) is 5.20. The lowest BCUT2D eigenvalue weighted by molar-refractivity contribution is -0.120. The zero-order chi connectivity index (χ0) is 19.5. The van der Waals surface area contributed by atoms with E-state index in [0.29, 0.717) is 6.54 Å². The van der Waals surface area contributed by atoms with Crippen molar-refractivity contribution < 1.29 is 14.4 Å². The molecular weight excluding hydrogens is 332 g/mol. The number of carbonyl (C=O) groups is 3. The quantitative estimate of drug-likeness (QED) is 0.440. The van der Waals surface area contributed by atoms with Crippen LogP contribution in [0.2, 0.25) is 0 Å². The molecule has 1 rings (SSSR count). The second-order valence-electron chi connectivity index (χ2n) is 6.32. The molecule has 0 saturated heterocycles. The minimum atomic E-state index is -0.372. The summed E-state index contributed by atoms with van der Waals surface area (Å²) in [6.07, 6.45) is 7.57. The minimum Gasteiger partial charge on any atom is -0.359 e. The first-order valence-electron chi connectivity index (χ1n) is 8.69. The fraction of sp³-hybridized carbons (Fsp3) is 0.474.